The molecule has 2 rings (SSSR count). The van der Waals surface area contributed by atoms with Crippen molar-refractivity contribution in [3.8, 4) is 5.75 Å². The molecule has 0 unspecified atom stereocenters. The Morgan fingerprint density at radius 3 is 2.57 bits per heavy atom. The SMILES string of the molecule is COc1cnc(NC(=O)N[C@H](C)c2ccccc2Br)nc1. The molecule has 0 spiro atoms. The summed E-state index contributed by atoms with van der Waals surface area (Å²) < 4.78 is 5.89. The number of nitrogens with one attached hydrogen (secondary N) is 2. The number of ether oxygens (including phenoxy) is 1. The third kappa shape index (κ3) is 4.16. The lowest BCUT2D eigenvalue weighted by Crippen LogP contribution is -2.31. The monoisotopic (exact) mass is 350 g/mol. The molecule has 0 bridgehead atoms. The third-order valence-corrected chi connectivity index (χ3v) is 3.53. The maximum Gasteiger partial charge on any atom is 0.322 e. The zero-order valence-electron chi connectivity index (χ0n) is 11.6. The maximum absolute atomic E-state index is 11.9. The Balaban J connectivity index is 1.96. The molecule has 0 radical (unpaired) electrons. The van der Waals surface area contributed by atoms with Crippen LogP contribution in [-0.2, 0) is 0 Å². The minimum atomic E-state index is -0.372. The van der Waals surface area contributed by atoms with E-state index in [1.807, 2.05) is 31.2 Å². The summed E-state index contributed by atoms with van der Waals surface area (Å²) in [5.41, 5.74) is 0.989. The van der Waals surface area contributed by atoms with Crippen molar-refractivity contribution in [3.63, 3.8) is 0 Å². The minimum absolute atomic E-state index is 0.154. The van der Waals surface area contributed by atoms with E-state index < -0.39 is 0 Å². The standard InChI is InChI=1S/C14H15BrN4O2/c1-9(11-5-3-4-6-12(11)15)18-14(20)19-13-16-7-10(21-2)8-17-13/h3-9H,1-2H3,(H2,16,17,18,19,20)/t9-/m1/s1. The highest BCUT2D eigenvalue weighted by Gasteiger charge is 2.12. The van der Waals surface area contributed by atoms with Crippen LogP contribution in [0.25, 0.3) is 0 Å². The number of urea groups is 1. The molecule has 2 amide bonds. The first-order valence-corrected chi connectivity index (χ1v) is 7.07. The number of amides is 2. The van der Waals surface area contributed by atoms with Gasteiger partial charge in [-0.15, -0.1) is 0 Å². The predicted octanol–water partition coefficient (Wildman–Crippen LogP) is 3.13. The molecule has 7 heteroatoms. The van der Waals surface area contributed by atoms with Crippen LogP contribution in [0, 0.1) is 0 Å². The lowest BCUT2D eigenvalue weighted by atomic mass is 10.1. The molecule has 2 N–H and O–H groups in total. The summed E-state index contributed by atoms with van der Waals surface area (Å²) in [6.07, 6.45) is 2.97. The van der Waals surface area contributed by atoms with Crippen molar-refractivity contribution in [2.75, 3.05) is 12.4 Å². The summed E-state index contributed by atoms with van der Waals surface area (Å²) in [5, 5.41) is 5.39. The van der Waals surface area contributed by atoms with E-state index in [1.54, 1.807) is 0 Å². The van der Waals surface area contributed by atoms with Gasteiger partial charge in [0.2, 0.25) is 5.95 Å². The smallest absolute Gasteiger partial charge is 0.322 e. The molecule has 0 aliphatic carbocycles. The zero-order valence-corrected chi connectivity index (χ0v) is 13.2. The van der Waals surface area contributed by atoms with Gasteiger partial charge in [0.15, 0.2) is 5.75 Å². The van der Waals surface area contributed by atoms with Crippen LogP contribution in [0.3, 0.4) is 0 Å². The minimum Gasteiger partial charge on any atom is -0.494 e. The van der Waals surface area contributed by atoms with Gasteiger partial charge in [-0.1, -0.05) is 34.1 Å². The fourth-order valence-corrected chi connectivity index (χ4v) is 2.35. The van der Waals surface area contributed by atoms with Crippen LogP contribution in [0.4, 0.5) is 10.7 Å². The maximum atomic E-state index is 11.9. The normalized spacial score (nSPS) is 11.6. The van der Waals surface area contributed by atoms with E-state index >= 15 is 0 Å². The highest BCUT2D eigenvalue weighted by atomic mass is 79.9. The molecule has 1 aromatic carbocycles. The molecule has 0 fully saturated rings. The van der Waals surface area contributed by atoms with Gasteiger partial charge in [0, 0.05) is 4.47 Å². The van der Waals surface area contributed by atoms with Crippen molar-refractivity contribution in [1.82, 2.24) is 15.3 Å². The highest BCUT2D eigenvalue weighted by molar-refractivity contribution is 9.10. The van der Waals surface area contributed by atoms with Crippen LogP contribution in [-0.4, -0.2) is 23.1 Å². The fourth-order valence-electron chi connectivity index (χ4n) is 1.72. The lowest BCUT2D eigenvalue weighted by molar-refractivity contribution is 0.249. The number of hydrogen-bond donors (Lipinski definition) is 2. The van der Waals surface area contributed by atoms with Crippen molar-refractivity contribution in [3.05, 3.63) is 46.7 Å². The summed E-state index contributed by atoms with van der Waals surface area (Å²) in [7, 11) is 1.53. The average Bonchev–Trinajstić information content (AvgIpc) is 2.48. The first-order chi connectivity index (χ1) is 10.1. The van der Waals surface area contributed by atoms with Gasteiger partial charge in [-0.25, -0.2) is 14.8 Å². The third-order valence-electron chi connectivity index (χ3n) is 2.81. The van der Waals surface area contributed by atoms with Gasteiger partial charge < -0.3 is 10.1 Å². The molecule has 0 saturated carbocycles. The number of anilines is 1. The Labute approximate surface area is 131 Å². The molecule has 1 heterocycles. The van der Waals surface area contributed by atoms with Gasteiger partial charge in [-0.3, -0.25) is 5.32 Å². The van der Waals surface area contributed by atoms with E-state index in [0.29, 0.717) is 5.75 Å². The van der Waals surface area contributed by atoms with E-state index in [0.717, 1.165) is 10.0 Å². The van der Waals surface area contributed by atoms with E-state index in [1.165, 1.54) is 19.5 Å². The van der Waals surface area contributed by atoms with E-state index in [-0.39, 0.29) is 18.0 Å². The van der Waals surface area contributed by atoms with Gasteiger partial charge in [0.1, 0.15) is 0 Å². The van der Waals surface area contributed by atoms with Crippen LogP contribution in [0.5, 0.6) is 5.75 Å². The number of halogens is 1. The van der Waals surface area contributed by atoms with Crippen molar-refractivity contribution < 1.29 is 9.53 Å². The van der Waals surface area contributed by atoms with E-state index in [2.05, 4.69) is 36.5 Å². The van der Waals surface area contributed by atoms with Gasteiger partial charge in [0.05, 0.1) is 25.5 Å². The second-order valence-electron chi connectivity index (χ2n) is 4.29. The Hall–Kier alpha value is -2.15. The van der Waals surface area contributed by atoms with Crippen molar-refractivity contribution in [2.24, 2.45) is 0 Å². The number of carbonyl (C=O) groups is 1. The van der Waals surface area contributed by atoms with Crippen LogP contribution in [0.1, 0.15) is 18.5 Å². The molecule has 110 valence electrons. The van der Waals surface area contributed by atoms with Crippen LogP contribution in [0.15, 0.2) is 41.1 Å². The van der Waals surface area contributed by atoms with Crippen molar-refractivity contribution in [1.29, 1.82) is 0 Å². The second-order valence-corrected chi connectivity index (χ2v) is 5.14. The van der Waals surface area contributed by atoms with Gasteiger partial charge in [-0.05, 0) is 18.6 Å². The fraction of sp³-hybridized carbons (Fsp3) is 0.214. The summed E-state index contributed by atoms with van der Waals surface area (Å²) in [6, 6.07) is 7.19. The molecule has 1 aromatic heterocycles. The lowest BCUT2D eigenvalue weighted by Gasteiger charge is -2.15. The summed E-state index contributed by atoms with van der Waals surface area (Å²) in [6.45, 7) is 1.90. The molecule has 0 aliphatic heterocycles. The largest absolute Gasteiger partial charge is 0.494 e. The Kier molecular flexibility index (Phi) is 5.10. The second kappa shape index (κ2) is 7.03. The Morgan fingerprint density at radius 2 is 1.95 bits per heavy atom. The topological polar surface area (TPSA) is 76.1 Å². The first-order valence-electron chi connectivity index (χ1n) is 6.28. The van der Waals surface area contributed by atoms with Crippen LogP contribution < -0.4 is 15.4 Å². The average molecular weight is 351 g/mol. The number of aromatic nitrogens is 2. The van der Waals surface area contributed by atoms with Crippen LogP contribution >= 0.6 is 15.9 Å². The number of rotatable bonds is 4. The Morgan fingerprint density at radius 1 is 1.29 bits per heavy atom. The molecular weight excluding hydrogens is 336 g/mol. The summed E-state index contributed by atoms with van der Waals surface area (Å²) >= 11 is 3.46. The summed E-state index contributed by atoms with van der Waals surface area (Å²) in [5.74, 6) is 0.746. The molecule has 0 saturated heterocycles. The quantitative estimate of drug-likeness (QED) is 0.887. The summed E-state index contributed by atoms with van der Waals surface area (Å²) in [4.78, 5) is 19.9. The number of carbonyl (C=O) groups excluding carboxylic acids is 1. The molecule has 1 atom stereocenters. The van der Waals surface area contributed by atoms with Crippen LogP contribution in [0.2, 0.25) is 0 Å². The Bertz CT molecular complexity index is 619. The molecule has 0 aliphatic rings. The molecule has 21 heavy (non-hydrogen) atoms. The van der Waals surface area contributed by atoms with E-state index in [9.17, 15) is 4.79 Å². The number of hydrogen-bond acceptors (Lipinski definition) is 4. The van der Waals surface area contributed by atoms with Crippen molar-refractivity contribution >= 4 is 27.9 Å². The number of benzene rings is 1. The predicted molar refractivity (Wildman–Crippen MR) is 83.3 cm³/mol. The van der Waals surface area contributed by atoms with Gasteiger partial charge in [-0.2, -0.15) is 0 Å². The molecule has 2 aromatic rings. The van der Waals surface area contributed by atoms with Gasteiger partial charge in [0.25, 0.3) is 0 Å². The van der Waals surface area contributed by atoms with E-state index in [4.69, 9.17) is 4.74 Å². The zero-order chi connectivity index (χ0) is 15.2. The highest BCUT2D eigenvalue weighted by Crippen LogP contribution is 2.22. The van der Waals surface area contributed by atoms with Crippen molar-refractivity contribution in [2.45, 2.75) is 13.0 Å². The number of nitrogens with zero attached hydrogens (tertiary/aromatic N) is 2. The number of methoxy groups -OCH3 is 1. The molecule has 6 nitrogen and oxygen atoms in total. The van der Waals surface area contributed by atoms with Gasteiger partial charge >= 0.3 is 6.03 Å². The molecular formula is C14H15BrN4O2. The first kappa shape index (κ1) is 15.2.